The summed E-state index contributed by atoms with van der Waals surface area (Å²) in [5.41, 5.74) is 3.33. The number of amides is 1. The third-order valence-corrected chi connectivity index (χ3v) is 5.40. The van der Waals surface area contributed by atoms with Crippen LogP contribution in [0, 0.1) is 5.82 Å². The Hall–Kier alpha value is -4.41. The fraction of sp³-hybridized carbons (Fsp3) is 0.143. The van der Waals surface area contributed by atoms with E-state index in [0.29, 0.717) is 35.6 Å². The van der Waals surface area contributed by atoms with Crippen LogP contribution in [0.4, 0.5) is 4.39 Å². The van der Waals surface area contributed by atoms with Crippen molar-refractivity contribution in [1.82, 2.24) is 39.7 Å². The van der Waals surface area contributed by atoms with Crippen LogP contribution in [-0.2, 0) is 6.42 Å². The molecule has 0 aliphatic carbocycles. The van der Waals surface area contributed by atoms with Gasteiger partial charge in [0.15, 0.2) is 0 Å². The van der Waals surface area contributed by atoms with E-state index in [0.717, 1.165) is 5.69 Å². The summed E-state index contributed by atoms with van der Waals surface area (Å²) in [6.45, 7) is 0.391. The number of rotatable bonds is 3. The number of aromatic amines is 1. The van der Waals surface area contributed by atoms with Gasteiger partial charge in [-0.2, -0.15) is 5.10 Å². The van der Waals surface area contributed by atoms with Crippen molar-refractivity contribution in [3.63, 3.8) is 0 Å². The lowest BCUT2D eigenvalue weighted by Gasteiger charge is -2.32. The molecule has 1 N–H and O–H groups in total. The molecule has 0 spiro atoms. The van der Waals surface area contributed by atoms with E-state index in [1.807, 2.05) is 0 Å². The Kier molecular flexibility index (Phi) is 4.06. The first kappa shape index (κ1) is 18.4. The number of fused-ring (bicyclic) bond motifs is 2. The van der Waals surface area contributed by atoms with E-state index in [4.69, 9.17) is 4.42 Å². The van der Waals surface area contributed by atoms with Crippen molar-refractivity contribution in [3.05, 3.63) is 83.9 Å². The van der Waals surface area contributed by atoms with E-state index in [-0.39, 0.29) is 11.8 Å². The highest BCUT2D eigenvalue weighted by atomic mass is 19.1. The molecule has 0 fully saturated rings. The van der Waals surface area contributed by atoms with Crippen LogP contribution < -0.4 is 0 Å². The maximum absolute atomic E-state index is 13.7. The number of hydrogen-bond acceptors (Lipinski definition) is 7. The van der Waals surface area contributed by atoms with Crippen LogP contribution in [0.1, 0.15) is 33.8 Å². The van der Waals surface area contributed by atoms with Gasteiger partial charge < -0.3 is 14.3 Å². The first-order valence-corrected chi connectivity index (χ1v) is 9.90. The van der Waals surface area contributed by atoms with Gasteiger partial charge in [0.05, 0.1) is 29.4 Å². The van der Waals surface area contributed by atoms with Crippen molar-refractivity contribution >= 4 is 11.4 Å². The Morgan fingerprint density at radius 1 is 1.19 bits per heavy atom. The molecule has 1 aliphatic heterocycles. The minimum Gasteiger partial charge on any atom is -0.411 e. The minimum atomic E-state index is -0.592. The number of aromatic nitrogens is 7. The van der Waals surface area contributed by atoms with Crippen LogP contribution in [0.5, 0.6) is 0 Å². The monoisotopic (exact) mass is 430 g/mol. The average molecular weight is 430 g/mol. The highest BCUT2D eigenvalue weighted by molar-refractivity contribution is 5.90. The molecule has 0 aromatic carbocycles. The molecule has 1 amide bonds. The number of carbonyl (C=O) groups excluding carboxylic acids is 1. The second kappa shape index (κ2) is 7.08. The molecule has 158 valence electrons. The lowest BCUT2D eigenvalue weighted by atomic mass is 9.99. The number of nitrogens with one attached hydrogen (secondary N) is 1. The van der Waals surface area contributed by atoms with Gasteiger partial charge in [-0.25, -0.2) is 13.9 Å². The fourth-order valence-corrected chi connectivity index (χ4v) is 3.94. The fourth-order valence-electron chi connectivity index (χ4n) is 3.94. The number of pyridine rings is 2. The molecule has 10 nitrogen and oxygen atoms in total. The predicted molar refractivity (Wildman–Crippen MR) is 108 cm³/mol. The molecular formula is C21H15FN8O2. The van der Waals surface area contributed by atoms with Crippen LogP contribution in [0.2, 0.25) is 0 Å². The van der Waals surface area contributed by atoms with Gasteiger partial charge in [0.2, 0.25) is 0 Å². The molecule has 0 unspecified atom stereocenters. The van der Waals surface area contributed by atoms with E-state index in [1.54, 1.807) is 47.8 Å². The van der Waals surface area contributed by atoms with E-state index in [9.17, 15) is 9.18 Å². The first-order chi connectivity index (χ1) is 15.7. The van der Waals surface area contributed by atoms with Gasteiger partial charge >= 0.3 is 11.8 Å². The van der Waals surface area contributed by atoms with Gasteiger partial charge in [-0.05, 0) is 30.3 Å². The number of carbonyl (C=O) groups is 1. The third kappa shape index (κ3) is 2.94. The second-order valence-electron chi connectivity index (χ2n) is 7.33. The highest BCUT2D eigenvalue weighted by Gasteiger charge is 2.38. The van der Waals surface area contributed by atoms with Gasteiger partial charge in [0.25, 0.3) is 5.89 Å². The van der Waals surface area contributed by atoms with Crippen molar-refractivity contribution in [2.75, 3.05) is 6.54 Å². The summed E-state index contributed by atoms with van der Waals surface area (Å²) >= 11 is 0. The summed E-state index contributed by atoms with van der Waals surface area (Å²) in [5, 5.41) is 12.4. The molecule has 6 heterocycles. The molecule has 11 heteroatoms. The molecule has 5 aromatic rings. The topological polar surface area (TPSA) is 118 Å². The molecule has 0 radical (unpaired) electrons. The summed E-state index contributed by atoms with van der Waals surface area (Å²) in [6.07, 6.45) is 5.07. The normalized spacial score (nSPS) is 15.8. The van der Waals surface area contributed by atoms with E-state index < -0.39 is 17.8 Å². The molecule has 0 saturated heterocycles. The molecule has 32 heavy (non-hydrogen) atoms. The average Bonchev–Trinajstić information content (AvgIpc) is 3.57. The number of imidazole rings is 1. The van der Waals surface area contributed by atoms with Gasteiger partial charge in [0.1, 0.15) is 17.6 Å². The summed E-state index contributed by atoms with van der Waals surface area (Å²) in [5.74, 6) is -0.839. The van der Waals surface area contributed by atoms with Crippen molar-refractivity contribution < 1.29 is 13.6 Å². The smallest absolute Gasteiger partial charge is 0.312 e. The highest BCUT2D eigenvalue weighted by Crippen LogP contribution is 2.34. The Morgan fingerprint density at radius 2 is 2.12 bits per heavy atom. The Labute approximate surface area is 179 Å². The largest absolute Gasteiger partial charge is 0.411 e. The maximum Gasteiger partial charge on any atom is 0.312 e. The molecule has 0 saturated carbocycles. The van der Waals surface area contributed by atoms with E-state index in [1.165, 1.54) is 16.8 Å². The third-order valence-electron chi connectivity index (χ3n) is 5.40. The van der Waals surface area contributed by atoms with Crippen molar-refractivity contribution in [2.45, 2.75) is 12.5 Å². The minimum absolute atomic E-state index is 0.149. The number of nitrogens with zero attached hydrogens (tertiary/aromatic N) is 7. The van der Waals surface area contributed by atoms with Gasteiger partial charge in [0, 0.05) is 24.9 Å². The van der Waals surface area contributed by atoms with Crippen molar-refractivity contribution in [3.8, 4) is 11.6 Å². The molecule has 1 atom stereocenters. The van der Waals surface area contributed by atoms with Crippen LogP contribution in [0.3, 0.4) is 0 Å². The molecule has 0 bridgehead atoms. The van der Waals surface area contributed by atoms with Gasteiger partial charge in [-0.15, -0.1) is 10.2 Å². The summed E-state index contributed by atoms with van der Waals surface area (Å²) in [7, 11) is 0. The van der Waals surface area contributed by atoms with Gasteiger partial charge in [-0.3, -0.25) is 9.78 Å². The Balaban J connectivity index is 1.40. The molecule has 1 aliphatic rings. The maximum atomic E-state index is 13.7. The Morgan fingerprint density at radius 3 is 3.00 bits per heavy atom. The van der Waals surface area contributed by atoms with Crippen molar-refractivity contribution in [1.29, 1.82) is 0 Å². The predicted octanol–water partition coefficient (Wildman–Crippen LogP) is 2.43. The number of hydrogen-bond donors (Lipinski definition) is 1. The van der Waals surface area contributed by atoms with Gasteiger partial charge in [-0.1, -0.05) is 6.07 Å². The van der Waals surface area contributed by atoms with E-state index >= 15 is 0 Å². The summed E-state index contributed by atoms with van der Waals surface area (Å²) in [6, 6.07) is 9.49. The SMILES string of the molecule is O=C(c1nnc(-c2ccccn2)o1)N1CCc2[nH]cnc2[C@H]1c1cc2ccc(F)cn2n1. The number of H-pyrrole nitrogens is 1. The number of halogens is 1. The zero-order chi connectivity index (χ0) is 21.7. The lowest BCUT2D eigenvalue weighted by Crippen LogP contribution is -2.41. The first-order valence-electron chi connectivity index (χ1n) is 9.90. The molecule has 6 rings (SSSR count). The zero-order valence-electron chi connectivity index (χ0n) is 16.5. The van der Waals surface area contributed by atoms with Crippen LogP contribution >= 0.6 is 0 Å². The molecule has 5 aromatic heterocycles. The second-order valence-corrected chi connectivity index (χ2v) is 7.33. The summed E-state index contributed by atoms with van der Waals surface area (Å²) < 4.78 is 20.7. The Bertz CT molecular complexity index is 1440. The molecular weight excluding hydrogens is 415 g/mol. The standard InChI is InChI=1S/C21H15FN8O2/c22-12-4-5-13-9-16(28-30(13)10-12)18-17-14(24-11-25-17)6-8-29(18)21(31)20-27-26-19(32-20)15-3-1-2-7-23-15/h1-5,7,9-11,18H,6,8H2,(H,24,25)/t18-/m1/s1. The quantitative estimate of drug-likeness (QED) is 0.467. The van der Waals surface area contributed by atoms with Crippen LogP contribution in [0.15, 0.2) is 59.5 Å². The van der Waals surface area contributed by atoms with Crippen molar-refractivity contribution in [2.24, 2.45) is 0 Å². The van der Waals surface area contributed by atoms with Crippen LogP contribution in [-0.4, -0.2) is 52.1 Å². The van der Waals surface area contributed by atoms with E-state index in [2.05, 4.69) is 30.2 Å². The summed E-state index contributed by atoms with van der Waals surface area (Å²) in [4.78, 5) is 26.7. The lowest BCUT2D eigenvalue weighted by molar-refractivity contribution is 0.0646. The zero-order valence-corrected chi connectivity index (χ0v) is 16.5. The van der Waals surface area contributed by atoms with Crippen LogP contribution in [0.25, 0.3) is 17.1 Å².